The fraction of sp³-hybridized carbons (Fsp3) is 0.870. The van der Waals surface area contributed by atoms with Crippen LogP contribution >= 0.6 is 0 Å². The summed E-state index contributed by atoms with van der Waals surface area (Å²) in [5.41, 5.74) is -0.698. The van der Waals surface area contributed by atoms with Gasteiger partial charge in [0.05, 0.1) is 24.7 Å². The SMILES string of the molecule is CCCCCC(C)(O)CCCN1C(=O)CC(=O)C1CCCCCCC(=O)OCC. The highest BCUT2D eigenvalue weighted by Crippen LogP contribution is 2.24. The van der Waals surface area contributed by atoms with Crippen molar-refractivity contribution in [3.8, 4) is 0 Å². The minimum absolute atomic E-state index is 0.0143. The molecule has 0 spiro atoms. The number of hydrogen-bond acceptors (Lipinski definition) is 5. The first-order valence-electron chi connectivity index (χ1n) is 11.5. The highest BCUT2D eigenvalue weighted by Gasteiger charge is 2.37. The third kappa shape index (κ3) is 10.2. The molecule has 1 aliphatic rings. The van der Waals surface area contributed by atoms with E-state index in [2.05, 4.69) is 6.92 Å². The van der Waals surface area contributed by atoms with Gasteiger partial charge >= 0.3 is 5.97 Å². The molecule has 6 nitrogen and oxygen atoms in total. The molecule has 168 valence electrons. The van der Waals surface area contributed by atoms with E-state index in [1.165, 1.54) is 0 Å². The zero-order chi connectivity index (χ0) is 21.7. The lowest BCUT2D eigenvalue weighted by Gasteiger charge is -2.27. The van der Waals surface area contributed by atoms with Crippen LogP contribution in [0.5, 0.6) is 0 Å². The largest absolute Gasteiger partial charge is 0.466 e. The van der Waals surface area contributed by atoms with Crippen LogP contribution in [0.1, 0.15) is 104 Å². The summed E-state index contributed by atoms with van der Waals surface area (Å²) in [6, 6.07) is -0.308. The average molecular weight is 412 g/mol. The number of likely N-dealkylation sites (tertiary alicyclic amines) is 1. The first-order chi connectivity index (χ1) is 13.8. The minimum atomic E-state index is -0.698. The summed E-state index contributed by atoms with van der Waals surface area (Å²) < 4.78 is 4.91. The summed E-state index contributed by atoms with van der Waals surface area (Å²) in [6.07, 6.45) is 10.1. The standard InChI is InChI=1S/C23H41NO5/c1-4-6-11-15-23(3,28)16-12-17-24-19(20(25)18-21(24)26)13-9-7-8-10-14-22(27)29-5-2/h19,28H,4-18H2,1-3H3. The predicted molar refractivity (Wildman–Crippen MR) is 113 cm³/mol. The van der Waals surface area contributed by atoms with Gasteiger partial charge in [-0.05, 0) is 46.0 Å². The van der Waals surface area contributed by atoms with Gasteiger partial charge in [0.15, 0.2) is 5.78 Å². The van der Waals surface area contributed by atoms with Crippen LogP contribution in [0.4, 0.5) is 0 Å². The summed E-state index contributed by atoms with van der Waals surface area (Å²) in [4.78, 5) is 37.5. The van der Waals surface area contributed by atoms with Crippen LogP contribution in [0.25, 0.3) is 0 Å². The average Bonchev–Trinajstić information content (AvgIpc) is 2.91. The molecule has 1 aliphatic heterocycles. The Labute approximate surface area is 176 Å². The van der Waals surface area contributed by atoms with Crippen LogP contribution in [-0.2, 0) is 19.1 Å². The summed E-state index contributed by atoms with van der Waals surface area (Å²) in [5.74, 6) is -0.204. The molecule has 0 aromatic carbocycles. The number of ketones is 1. The summed E-state index contributed by atoms with van der Waals surface area (Å²) in [7, 11) is 0. The highest BCUT2D eigenvalue weighted by atomic mass is 16.5. The molecule has 1 rings (SSSR count). The molecule has 1 heterocycles. The van der Waals surface area contributed by atoms with Crippen molar-refractivity contribution in [2.75, 3.05) is 13.2 Å². The van der Waals surface area contributed by atoms with Gasteiger partial charge in [0.1, 0.15) is 0 Å². The molecule has 1 fully saturated rings. The van der Waals surface area contributed by atoms with Gasteiger partial charge in [-0.25, -0.2) is 0 Å². The van der Waals surface area contributed by atoms with Gasteiger partial charge in [-0.2, -0.15) is 0 Å². The smallest absolute Gasteiger partial charge is 0.305 e. The van der Waals surface area contributed by atoms with Crippen molar-refractivity contribution >= 4 is 17.7 Å². The molecule has 0 saturated carbocycles. The Bertz CT molecular complexity index is 517. The van der Waals surface area contributed by atoms with Crippen LogP contribution in [0.3, 0.4) is 0 Å². The van der Waals surface area contributed by atoms with Crippen molar-refractivity contribution in [2.24, 2.45) is 0 Å². The summed E-state index contributed by atoms with van der Waals surface area (Å²) >= 11 is 0. The Kier molecular flexibility index (Phi) is 12.1. The molecule has 2 atom stereocenters. The van der Waals surface area contributed by atoms with Crippen molar-refractivity contribution < 1.29 is 24.2 Å². The molecule has 6 heteroatoms. The maximum absolute atomic E-state index is 12.2. The molecule has 0 radical (unpaired) electrons. The molecule has 0 aliphatic carbocycles. The second kappa shape index (κ2) is 13.7. The fourth-order valence-corrected chi connectivity index (χ4v) is 4.02. The topological polar surface area (TPSA) is 83.9 Å². The second-order valence-corrected chi connectivity index (χ2v) is 8.56. The molecule has 0 aromatic rings. The number of ether oxygens (including phenoxy) is 1. The van der Waals surface area contributed by atoms with Crippen LogP contribution in [0.15, 0.2) is 0 Å². The van der Waals surface area contributed by atoms with Gasteiger partial charge in [0, 0.05) is 13.0 Å². The van der Waals surface area contributed by atoms with E-state index in [-0.39, 0.29) is 30.1 Å². The number of unbranched alkanes of at least 4 members (excludes halogenated alkanes) is 5. The van der Waals surface area contributed by atoms with E-state index in [0.717, 1.165) is 51.4 Å². The number of esters is 1. The van der Waals surface area contributed by atoms with Crippen molar-refractivity contribution in [1.29, 1.82) is 0 Å². The molecule has 0 aromatic heterocycles. The van der Waals surface area contributed by atoms with E-state index in [9.17, 15) is 19.5 Å². The first kappa shape index (κ1) is 25.6. The normalized spacial score (nSPS) is 18.9. The van der Waals surface area contributed by atoms with E-state index in [1.807, 2.05) is 6.92 Å². The zero-order valence-electron chi connectivity index (χ0n) is 18.7. The Morgan fingerprint density at radius 2 is 1.76 bits per heavy atom. The quantitative estimate of drug-likeness (QED) is 0.234. The number of nitrogens with zero attached hydrogens (tertiary/aromatic N) is 1. The Morgan fingerprint density at radius 3 is 2.45 bits per heavy atom. The van der Waals surface area contributed by atoms with Gasteiger partial charge in [-0.3, -0.25) is 14.4 Å². The maximum atomic E-state index is 12.2. The second-order valence-electron chi connectivity index (χ2n) is 8.56. The molecule has 29 heavy (non-hydrogen) atoms. The molecule has 1 N–H and O–H groups in total. The molecule has 0 bridgehead atoms. The minimum Gasteiger partial charge on any atom is -0.466 e. The Morgan fingerprint density at radius 1 is 1.07 bits per heavy atom. The molecular formula is C23H41NO5. The number of carbonyl (C=O) groups is 3. The number of rotatable bonds is 16. The van der Waals surface area contributed by atoms with Gasteiger partial charge in [-0.15, -0.1) is 0 Å². The number of amides is 1. The van der Waals surface area contributed by atoms with Crippen molar-refractivity contribution in [3.63, 3.8) is 0 Å². The molecule has 1 saturated heterocycles. The molecular weight excluding hydrogens is 370 g/mol. The number of Topliss-reactive ketones (excluding diaryl/α,β-unsaturated/α-hetero) is 1. The zero-order valence-corrected chi connectivity index (χ0v) is 18.7. The Balaban J connectivity index is 2.31. The lowest BCUT2D eigenvalue weighted by molar-refractivity contribution is -0.143. The van der Waals surface area contributed by atoms with E-state index in [4.69, 9.17) is 4.74 Å². The lowest BCUT2D eigenvalue weighted by atomic mass is 9.93. The van der Waals surface area contributed by atoms with Gasteiger partial charge in [0.2, 0.25) is 5.91 Å². The van der Waals surface area contributed by atoms with E-state index in [0.29, 0.717) is 38.8 Å². The van der Waals surface area contributed by atoms with Crippen LogP contribution in [-0.4, -0.2) is 52.5 Å². The third-order valence-corrected chi connectivity index (χ3v) is 5.74. The number of carbonyl (C=O) groups excluding carboxylic acids is 3. The fourth-order valence-electron chi connectivity index (χ4n) is 4.02. The number of hydrogen-bond donors (Lipinski definition) is 1. The van der Waals surface area contributed by atoms with Crippen molar-refractivity contribution in [3.05, 3.63) is 0 Å². The highest BCUT2D eigenvalue weighted by molar-refractivity contribution is 6.07. The lowest BCUT2D eigenvalue weighted by Crippen LogP contribution is -2.37. The Hall–Kier alpha value is -1.43. The van der Waals surface area contributed by atoms with Crippen LogP contribution in [0, 0.1) is 0 Å². The van der Waals surface area contributed by atoms with Crippen molar-refractivity contribution in [2.45, 2.75) is 116 Å². The summed E-state index contributed by atoms with van der Waals surface area (Å²) in [6.45, 7) is 6.78. The number of aliphatic hydroxyl groups is 1. The maximum Gasteiger partial charge on any atom is 0.305 e. The van der Waals surface area contributed by atoms with Gasteiger partial charge in [-0.1, -0.05) is 45.4 Å². The van der Waals surface area contributed by atoms with E-state index in [1.54, 1.807) is 11.8 Å². The third-order valence-electron chi connectivity index (χ3n) is 5.74. The van der Waals surface area contributed by atoms with E-state index < -0.39 is 5.60 Å². The molecule has 1 amide bonds. The van der Waals surface area contributed by atoms with Crippen LogP contribution in [0.2, 0.25) is 0 Å². The van der Waals surface area contributed by atoms with E-state index >= 15 is 0 Å². The summed E-state index contributed by atoms with van der Waals surface area (Å²) in [5, 5.41) is 10.5. The predicted octanol–water partition coefficient (Wildman–Crippen LogP) is 4.17. The first-order valence-corrected chi connectivity index (χ1v) is 11.5. The molecule has 2 unspecified atom stereocenters. The van der Waals surface area contributed by atoms with Crippen LogP contribution < -0.4 is 0 Å². The van der Waals surface area contributed by atoms with Gasteiger partial charge in [0.25, 0.3) is 0 Å². The van der Waals surface area contributed by atoms with Gasteiger partial charge < -0.3 is 14.7 Å². The van der Waals surface area contributed by atoms with Crippen molar-refractivity contribution in [1.82, 2.24) is 4.90 Å². The monoisotopic (exact) mass is 411 g/mol.